The Bertz CT molecular complexity index is 898. The third kappa shape index (κ3) is 3.01. The summed E-state index contributed by atoms with van der Waals surface area (Å²) in [4.78, 5) is 37.5. The van der Waals surface area contributed by atoms with Crippen LogP contribution in [0, 0.1) is 0 Å². The zero-order valence-electron chi connectivity index (χ0n) is 14.4. The summed E-state index contributed by atoms with van der Waals surface area (Å²) in [5.41, 5.74) is 2.07. The molecular weight excluding hydrogens is 328 g/mol. The van der Waals surface area contributed by atoms with Gasteiger partial charge in [-0.05, 0) is 31.0 Å². The molecule has 2 aromatic carbocycles. The second kappa shape index (κ2) is 6.75. The molecule has 1 saturated carbocycles. The van der Waals surface area contributed by atoms with Gasteiger partial charge in [0, 0.05) is 34.0 Å². The molecule has 2 aliphatic rings. The van der Waals surface area contributed by atoms with E-state index in [1.807, 2.05) is 0 Å². The van der Waals surface area contributed by atoms with Crippen LogP contribution in [0.3, 0.4) is 0 Å². The number of benzene rings is 2. The average Bonchev–Trinajstić information content (AvgIpc) is 2.67. The molecule has 2 N–H and O–H groups in total. The minimum Gasteiger partial charge on any atom is -0.335 e. The van der Waals surface area contributed by atoms with Crippen molar-refractivity contribution >= 4 is 23.3 Å². The van der Waals surface area contributed by atoms with Crippen molar-refractivity contribution in [3.63, 3.8) is 0 Å². The van der Waals surface area contributed by atoms with Gasteiger partial charge < -0.3 is 10.6 Å². The van der Waals surface area contributed by atoms with Crippen molar-refractivity contribution in [1.29, 1.82) is 0 Å². The molecule has 2 aliphatic carbocycles. The van der Waals surface area contributed by atoms with Crippen molar-refractivity contribution in [2.75, 3.05) is 5.32 Å². The van der Waals surface area contributed by atoms with Gasteiger partial charge in [-0.15, -0.1) is 0 Å². The van der Waals surface area contributed by atoms with Gasteiger partial charge in [-0.3, -0.25) is 9.59 Å². The van der Waals surface area contributed by atoms with E-state index in [1.54, 1.807) is 42.5 Å². The lowest BCUT2D eigenvalue weighted by Crippen LogP contribution is -2.39. The molecule has 0 atom stereocenters. The molecule has 1 fully saturated rings. The van der Waals surface area contributed by atoms with Gasteiger partial charge in [0.15, 0.2) is 11.6 Å². The van der Waals surface area contributed by atoms with Gasteiger partial charge in [-0.25, -0.2) is 4.79 Å². The number of carbonyl (C=O) groups excluding carboxylic acids is 3. The number of fused-ring (bicyclic) bond motifs is 2. The van der Waals surface area contributed by atoms with Crippen LogP contribution in [-0.4, -0.2) is 23.6 Å². The van der Waals surface area contributed by atoms with Crippen molar-refractivity contribution < 1.29 is 14.4 Å². The summed E-state index contributed by atoms with van der Waals surface area (Å²) in [6.45, 7) is 0. The van der Waals surface area contributed by atoms with Crippen LogP contribution < -0.4 is 10.6 Å². The number of hydrogen-bond donors (Lipinski definition) is 2. The zero-order chi connectivity index (χ0) is 18.1. The molecule has 2 amide bonds. The van der Waals surface area contributed by atoms with Gasteiger partial charge in [0.05, 0.1) is 0 Å². The molecule has 26 heavy (non-hydrogen) atoms. The molecule has 2 aromatic rings. The summed E-state index contributed by atoms with van der Waals surface area (Å²) in [6.07, 6.45) is 5.50. The summed E-state index contributed by atoms with van der Waals surface area (Å²) < 4.78 is 0. The summed E-state index contributed by atoms with van der Waals surface area (Å²) in [5, 5.41) is 5.77. The van der Waals surface area contributed by atoms with E-state index in [-0.39, 0.29) is 23.6 Å². The Labute approximate surface area is 151 Å². The Balaban J connectivity index is 1.54. The molecule has 0 spiro atoms. The summed E-state index contributed by atoms with van der Waals surface area (Å²) in [6, 6.07) is 11.6. The van der Waals surface area contributed by atoms with E-state index in [2.05, 4.69) is 10.6 Å². The molecule has 0 unspecified atom stereocenters. The van der Waals surface area contributed by atoms with Crippen LogP contribution >= 0.6 is 0 Å². The normalized spacial score (nSPS) is 16.6. The first-order valence-electron chi connectivity index (χ1n) is 9.03. The maximum Gasteiger partial charge on any atom is 0.319 e. The molecule has 5 heteroatoms. The number of hydrogen-bond acceptors (Lipinski definition) is 3. The van der Waals surface area contributed by atoms with Crippen LogP contribution in [0.4, 0.5) is 10.5 Å². The topological polar surface area (TPSA) is 75.3 Å². The van der Waals surface area contributed by atoms with Crippen molar-refractivity contribution in [3.05, 3.63) is 64.7 Å². The fraction of sp³-hybridized carbons (Fsp3) is 0.286. The third-order valence-electron chi connectivity index (χ3n) is 5.12. The van der Waals surface area contributed by atoms with Crippen molar-refractivity contribution in [3.8, 4) is 0 Å². The van der Waals surface area contributed by atoms with E-state index in [1.165, 1.54) is 6.42 Å². The lowest BCUT2D eigenvalue weighted by atomic mass is 9.84. The predicted molar refractivity (Wildman–Crippen MR) is 98.8 cm³/mol. The number of ketones is 2. The Kier molecular flexibility index (Phi) is 4.29. The Morgan fingerprint density at radius 2 is 1.42 bits per heavy atom. The fourth-order valence-electron chi connectivity index (χ4n) is 3.78. The third-order valence-corrected chi connectivity index (χ3v) is 5.12. The predicted octanol–water partition coefficient (Wildman–Crippen LogP) is 3.92. The molecule has 0 aromatic heterocycles. The van der Waals surface area contributed by atoms with E-state index in [4.69, 9.17) is 0 Å². The molecular formula is C21H20N2O3. The SMILES string of the molecule is O=C(Nc1ccc2c(c1)C(=O)c1ccccc1C2=O)NC1CCCCC1. The molecule has 0 radical (unpaired) electrons. The minimum atomic E-state index is -0.271. The quantitative estimate of drug-likeness (QED) is 0.737. The molecule has 4 rings (SSSR count). The summed E-state index contributed by atoms with van der Waals surface area (Å²) in [7, 11) is 0. The van der Waals surface area contributed by atoms with E-state index >= 15 is 0 Å². The standard InChI is InChI=1S/C21H20N2O3/c24-19-15-8-4-5-9-16(15)20(25)18-12-14(10-11-17(18)19)23-21(26)22-13-6-2-1-3-7-13/h4-5,8-13H,1-3,6-7H2,(H2,22,23,26). The molecule has 5 nitrogen and oxygen atoms in total. The second-order valence-corrected chi connectivity index (χ2v) is 6.90. The highest BCUT2D eigenvalue weighted by atomic mass is 16.2. The van der Waals surface area contributed by atoms with Gasteiger partial charge in [0.2, 0.25) is 0 Å². The number of urea groups is 1. The van der Waals surface area contributed by atoms with Gasteiger partial charge in [0.25, 0.3) is 0 Å². The van der Waals surface area contributed by atoms with Crippen LogP contribution in [0.1, 0.15) is 63.9 Å². The zero-order valence-corrected chi connectivity index (χ0v) is 14.4. The highest BCUT2D eigenvalue weighted by Gasteiger charge is 2.29. The highest BCUT2D eigenvalue weighted by molar-refractivity contribution is 6.28. The first kappa shape index (κ1) is 16.5. The van der Waals surface area contributed by atoms with Crippen LogP contribution in [-0.2, 0) is 0 Å². The van der Waals surface area contributed by atoms with Crippen LogP contribution in [0.5, 0.6) is 0 Å². The van der Waals surface area contributed by atoms with E-state index in [0.29, 0.717) is 27.9 Å². The minimum absolute atomic E-state index is 0.159. The smallest absolute Gasteiger partial charge is 0.319 e. The Morgan fingerprint density at radius 1 is 0.808 bits per heavy atom. The van der Waals surface area contributed by atoms with E-state index in [0.717, 1.165) is 25.7 Å². The lowest BCUT2D eigenvalue weighted by molar-refractivity contribution is 0.0979. The number of nitrogens with one attached hydrogen (secondary N) is 2. The second-order valence-electron chi connectivity index (χ2n) is 6.90. The highest BCUT2D eigenvalue weighted by Crippen LogP contribution is 2.29. The van der Waals surface area contributed by atoms with Gasteiger partial charge in [0.1, 0.15) is 0 Å². The van der Waals surface area contributed by atoms with Crippen LogP contribution in [0.25, 0.3) is 0 Å². The maximum absolute atomic E-state index is 12.7. The summed E-state index contributed by atoms with van der Waals surface area (Å²) >= 11 is 0. The number of amides is 2. The monoisotopic (exact) mass is 348 g/mol. The van der Waals surface area contributed by atoms with E-state index < -0.39 is 0 Å². The number of rotatable bonds is 2. The van der Waals surface area contributed by atoms with Crippen molar-refractivity contribution in [2.24, 2.45) is 0 Å². The van der Waals surface area contributed by atoms with E-state index in [9.17, 15) is 14.4 Å². The average molecular weight is 348 g/mol. The van der Waals surface area contributed by atoms with Crippen molar-refractivity contribution in [2.45, 2.75) is 38.1 Å². The van der Waals surface area contributed by atoms with Crippen molar-refractivity contribution in [1.82, 2.24) is 5.32 Å². The number of anilines is 1. The molecule has 132 valence electrons. The van der Waals surface area contributed by atoms with Gasteiger partial charge in [-0.1, -0.05) is 43.5 Å². The van der Waals surface area contributed by atoms with Gasteiger partial charge in [-0.2, -0.15) is 0 Å². The molecule has 0 saturated heterocycles. The number of carbonyl (C=O) groups is 3. The van der Waals surface area contributed by atoms with Gasteiger partial charge >= 0.3 is 6.03 Å². The molecule has 0 bridgehead atoms. The van der Waals surface area contributed by atoms with Crippen LogP contribution in [0.2, 0.25) is 0 Å². The first-order chi connectivity index (χ1) is 12.6. The fourth-order valence-corrected chi connectivity index (χ4v) is 3.78. The van der Waals surface area contributed by atoms with Crippen LogP contribution in [0.15, 0.2) is 42.5 Å². The Morgan fingerprint density at radius 3 is 2.12 bits per heavy atom. The molecule has 0 aliphatic heterocycles. The largest absolute Gasteiger partial charge is 0.335 e. The molecule has 0 heterocycles. The lowest BCUT2D eigenvalue weighted by Gasteiger charge is -2.23. The first-order valence-corrected chi connectivity index (χ1v) is 9.03. The maximum atomic E-state index is 12.7. The summed E-state index contributed by atoms with van der Waals surface area (Å²) in [5.74, 6) is -0.347. The Hall–Kier alpha value is -2.95.